The average Bonchev–Trinajstić information content (AvgIpc) is 2.82. The van der Waals surface area contributed by atoms with Gasteiger partial charge in [-0.25, -0.2) is 4.98 Å². The molecular weight excluding hydrogens is 373 g/mol. The van der Waals surface area contributed by atoms with Crippen LogP contribution in [0.5, 0.6) is 0 Å². The Bertz CT molecular complexity index is 927. The fraction of sp³-hybridized carbons (Fsp3) is 0.375. The molecule has 0 fully saturated rings. The predicted octanol–water partition coefficient (Wildman–Crippen LogP) is 2.62. The number of nitrogens with zero attached hydrogens (tertiary/aromatic N) is 4. The maximum atomic E-state index is 13.8. The first-order chi connectivity index (χ1) is 12.0. The molecule has 0 spiro atoms. The van der Waals surface area contributed by atoms with Crippen LogP contribution in [-0.4, -0.2) is 38.6 Å². The van der Waals surface area contributed by atoms with Crippen molar-refractivity contribution in [3.8, 4) is 0 Å². The summed E-state index contributed by atoms with van der Waals surface area (Å²) >= 11 is 5.75. The van der Waals surface area contributed by atoms with E-state index >= 15 is 0 Å². The number of rotatable bonds is 3. The van der Waals surface area contributed by atoms with E-state index in [1.165, 1.54) is 12.3 Å². The number of ketones is 1. The lowest BCUT2D eigenvalue weighted by Crippen LogP contribution is -2.57. The van der Waals surface area contributed by atoms with Crippen LogP contribution in [0.25, 0.3) is 0 Å². The van der Waals surface area contributed by atoms with Crippen LogP contribution in [0.2, 0.25) is 5.15 Å². The van der Waals surface area contributed by atoms with Crippen LogP contribution in [0.15, 0.2) is 29.2 Å². The highest BCUT2D eigenvalue weighted by atomic mass is 35.5. The number of aryl methyl sites for hydroxylation is 1. The topological polar surface area (TPSA) is 68.1 Å². The summed E-state index contributed by atoms with van der Waals surface area (Å²) in [6.45, 7) is 1.36. The summed E-state index contributed by atoms with van der Waals surface area (Å²) in [5.74, 6) is -0.855. The average molecular weight is 387 g/mol. The number of hydrogen-bond acceptors (Lipinski definition) is 5. The van der Waals surface area contributed by atoms with E-state index in [1.807, 2.05) is 0 Å². The lowest BCUT2D eigenvalue weighted by molar-refractivity contribution is -0.181. The molecule has 0 saturated carbocycles. The molecule has 0 unspecified atom stereocenters. The number of pyridine rings is 1. The van der Waals surface area contributed by atoms with Gasteiger partial charge in [0.2, 0.25) is 5.95 Å². The molecule has 3 rings (SSSR count). The van der Waals surface area contributed by atoms with Crippen molar-refractivity contribution in [2.24, 2.45) is 0 Å². The number of carbonyl (C=O) groups is 1. The van der Waals surface area contributed by atoms with Crippen molar-refractivity contribution in [2.45, 2.75) is 32.1 Å². The Morgan fingerprint density at radius 2 is 2.08 bits per heavy atom. The molecule has 1 atom stereocenters. The first-order valence-corrected chi connectivity index (χ1v) is 7.98. The van der Waals surface area contributed by atoms with Crippen LogP contribution in [0.1, 0.15) is 23.0 Å². The molecule has 1 aliphatic heterocycles. The quantitative estimate of drug-likeness (QED) is 0.599. The van der Waals surface area contributed by atoms with Gasteiger partial charge < -0.3 is 4.90 Å². The highest BCUT2D eigenvalue weighted by Gasteiger charge is 2.60. The summed E-state index contributed by atoms with van der Waals surface area (Å²) < 4.78 is 42.1. The monoisotopic (exact) mass is 386 g/mol. The van der Waals surface area contributed by atoms with Gasteiger partial charge in [0.15, 0.2) is 11.3 Å². The molecule has 0 radical (unpaired) electrons. The molecule has 0 amide bonds. The summed E-state index contributed by atoms with van der Waals surface area (Å²) in [5, 5.41) is -0.234. The third kappa shape index (κ3) is 2.96. The van der Waals surface area contributed by atoms with Gasteiger partial charge in [-0.2, -0.15) is 13.2 Å². The number of Topliss-reactive ketones (excluding diaryl/α,β-unsaturated/α-hetero) is 1. The van der Waals surface area contributed by atoms with Crippen LogP contribution in [0, 0.1) is 6.92 Å². The lowest BCUT2D eigenvalue weighted by Gasteiger charge is -2.36. The van der Waals surface area contributed by atoms with Crippen molar-refractivity contribution in [1.29, 1.82) is 0 Å². The van der Waals surface area contributed by atoms with Gasteiger partial charge >= 0.3 is 6.18 Å². The fourth-order valence-electron chi connectivity index (χ4n) is 2.79. The van der Waals surface area contributed by atoms with E-state index in [2.05, 4.69) is 9.97 Å². The van der Waals surface area contributed by atoms with Gasteiger partial charge in [0.1, 0.15) is 5.15 Å². The summed E-state index contributed by atoms with van der Waals surface area (Å²) in [7, 11) is 0. The molecule has 26 heavy (non-hydrogen) atoms. The summed E-state index contributed by atoms with van der Waals surface area (Å²) in [6, 6.07) is 4.02. The minimum atomic E-state index is -4.70. The van der Waals surface area contributed by atoms with E-state index in [0.29, 0.717) is 5.69 Å². The molecule has 3 heterocycles. The normalized spacial score (nSPS) is 19.5. The second-order valence-electron chi connectivity index (χ2n) is 6.27. The predicted molar refractivity (Wildman–Crippen MR) is 88.6 cm³/mol. The summed E-state index contributed by atoms with van der Waals surface area (Å²) in [6.07, 6.45) is -3.40. The van der Waals surface area contributed by atoms with E-state index < -0.39 is 36.1 Å². The van der Waals surface area contributed by atoms with Crippen LogP contribution in [-0.2, 0) is 6.54 Å². The van der Waals surface area contributed by atoms with Crippen molar-refractivity contribution >= 4 is 23.3 Å². The van der Waals surface area contributed by atoms with Gasteiger partial charge in [-0.15, -0.1) is 0 Å². The van der Waals surface area contributed by atoms with Crippen molar-refractivity contribution < 1.29 is 18.0 Å². The second-order valence-corrected chi connectivity index (χ2v) is 6.66. The van der Waals surface area contributed by atoms with Gasteiger partial charge in [0.05, 0.1) is 13.1 Å². The molecule has 0 saturated heterocycles. The van der Waals surface area contributed by atoms with Crippen molar-refractivity contribution in [1.82, 2.24) is 14.5 Å². The first kappa shape index (κ1) is 18.4. The van der Waals surface area contributed by atoms with E-state index in [9.17, 15) is 22.8 Å². The molecular formula is C16H14ClF3N4O2. The van der Waals surface area contributed by atoms with Crippen LogP contribution in [0.4, 0.5) is 19.1 Å². The van der Waals surface area contributed by atoms with E-state index in [-0.39, 0.29) is 16.7 Å². The Kier molecular flexibility index (Phi) is 4.30. The molecule has 2 aromatic heterocycles. The smallest absolute Gasteiger partial charge is 0.318 e. The van der Waals surface area contributed by atoms with Crippen molar-refractivity contribution in [2.75, 3.05) is 11.4 Å². The van der Waals surface area contributed by atoms with Crippen LogP contribution >= 0.6 is 11.6 Å². The van der Waals surface area contributed by atoms with E-state index in [1.54, 1.807) is 13.0 Å². The molecule has 10 heteroatoms. The third-order valence-corrected chi connectivity index (χ3v) is 4.60. The van der Waals surface area contributed by atoms with E-state index in [4.69, 9.17) is 11.6 Å². The molecule has 138 valence electrons. The number of aromatic nitrogens is 3. The Labute approximate surface area is 151 Å². The molecule has 0 aromatic carbocycles. The van der Waals surface area contributed by atoms with Gasteiger partial charge in [-0.3, -0.25) is 19.1 Å². The Morgan fingerprint density at radius 3 is 2.65 bits per heavy atom. The van der Waals surface area contributed by atoms with Crippen LogP contribution in [0.3, 0.4) is 0 Å². The number of carbonyl (C=O) groups excluding carboxylic acids is 1. The van der Waals surface area contributed by atoms with Gasteiger partial charge in [-0.05, 0) is 26.0 Å². The molecule has 0 bridgehead atoms. The number of alkyl halides is 3. The zero-order valence-corrected chi connectivity index (χ0v) is 14.6. The van der Waals surface area contributed by atoms with Crippen molar-refractivity contribution in [3.05, 3.63) is 51.2 Å². The summed E-state index contributed by atoms with van der Waals surface area (Å²) in [4.78, 5) is 33.2. The second kappa shape index (κ2) is 6.08. The highest BCUT2D eigenvalue weighted by Crippen LogP contribution is 2.43. The zero-order valence-electron chi connectivity index (χ0n) is 13.8. The zero-order chi connectivity index (χ0) is 19.3. The van der Waals surface area contributed by atoms with E-state index in [0.717, 1.165) is 22.5 Å². The molecule has 6 nitrogen and oxygen atoms in total. The fourth-order valence-corrected chi connectivity index (χ4v) is 2.96. The largest absolute Gasteiger partial charge is 0.413 e. The molecule has 0 N–H and O–H groups in total. The highest BCUT2D eigenvalue weighted by molar-refractivity contribution is 6.29. The minimum absolute atomic E-state index is 0.169. The molecule has 0 aliphatic carbocycles. The van der Waals surface area contributed by atoms with Crippen LogP contribution < -0.4 is 10.5 Å². The van der Waals surface area contributed by atoms with Crippen molar-refractivity contribution in [3.63, 3.8) is 0 Å². The molecule has 1 aliphatic rings. The third-order valence-electron chi connectivity index (χ3n) is 4.41. The van der Waals surface area contributed by atoms with Gasteiger partial charge in [-0.1, -0.05) is 11.6 Å². The summed E-state index contributed by atoms with van der Waals surface area (Å²) in [5.41, 5.74) is -2.33. The minimum Gasteiger partial charge on any atom is -0.318 e. The molecule has 2 aromatic rings. The number of fused-ring (bicyclic) bond motifs is 1. The van der Waals surface area contributed by atoms with Gasteiger partial charge in [0.25, 0.3) is 5.56 Å². The lowest BCUT2D eigenvalue weighted by atomic mass is 10.00. The number of anilines is 1. The SMILES string of the molecule is Cc1ccc(C(=O)CN2c3nc(Cl)cc(=O)n3C[C@@]2(C)C(F)(F)F)cn1. The number of halogens is 4. The Balaban J connectivity index is 2.05. The Morgan fingerprint density at radius 1 is 1.38 bits per heavy atom. The first-order valence-electron chi connectivity index (χ1n) is 7.60. The van der Waals surface area contributed by atoms with Gasteiger partial charge in [0, 0.05) is 23.5 Å². The maximum Gasteiger partial charge on any atom is 0.413 e. The maximum absolute atomic E-state index is 13.8. The Hall–Kier alpha value is -2.42. The standard InChI is InChI=1S/C16H14ClF3N4O2/c1-9-3-4-10(6-21-9)11(25)7-24-14-22-12(17)5-13(26)23(14)8-15(24,2)16(18,19)20/h3-6H,7-8H2,1-2H3/t15-/m0/s1. The number of hydrogen-bond donors (Lipinski definition) is 0.